The Labute approximate surface area is 345 Å². The lowest BCUT2D eigenvalue weighted by Crippen LogP contribution is -2.52. The number of ketones is 1. The Kier molecular flexibility index (Phi) is 10.8. The number of piperazine rings is 2. The first-order valence-corrected chi connectivity index (χ1v) is 21.0. The first-order chi connectivity index (χ1) is 28.6. The molecule has 5 heterocycles. The second kappa shape index (κ2) is 16.3. The van der Waals surface area contributed by atoms with Crippen molar-refractivity contribution in [3.05, 3.63) is 113 Å². The molecule has 4 aliphatic rings. The van der Waals surface area contributed by atoms with Crippen LogP contribution in [0, 0.1) is 5.82 Å². The van der Waals surface area contributed by atoms with E-state index in [-0.39, 0.29) is 29.8 Å². The minimum atomic E-state index is -1.63. The zero-order chi connectivity index (χ0) is 40.8. The number of nitrogens with zero attached hydrogens (tertiary/aromatic N) is 5. The molecule has 12 nitrogen and oxygen atoms in total. The molecule has 15 heteroatoms. The van der Waals surface area contributed by atoms with Crippen LogP contribution in [-0.4, -0.2) is 127 Å². The minimum Gasteiger partial charge on any atom is -0.423 e. The van der Waals surface area contributed by atoms with Crippen LogP contribution in [0.15, 0.2) is 84.9 Å². The third-order valence-electron chi connectivity index (χ3n) is 12.2. The zero-order valence-electron chi connectivity index (χ0n) is 32.5. The van der Waals surface area contributed by atoms with E-state index in [2.05, 4.69) is 31.0 Å². The van der Waals surface area contributed by atoms with Crippen molar-refractivity contribution in [2.24, 2.45) is 0 Å². The summed E-state index contributed by atoms with van der Waals surface area (Å²) >= 11 is 1.37. The number of nitrogens with one attached hydrogen (secondary N) is 1. The molecule has 0 radical (unpaired) electrons. The van der Waals surface area contributed by atoms with E-state index in [0.717, 1.165) is 92.6 Å². The lowest BCUT2D eigenvalue weighted by Gasteiger charge is -2.39. The molecule has 9 rings (SSSR count). The average Bonchev–Trinajstić information content (AvgIpc) is 3.80. The van der Waals surface area contributed by atoms with Crippen LogP contribution in [0.4, 0.5) is 15.8 Å². The van der Waals surface area contributed by atoms with Crippen LogP contribution >= 0.6 is 11.3 Å². The first-order valence-electron chi connectivity index (χ1n) is 20.1. The Morgan fingerprint density at radius 1 is 0.780 bits per heavy atom. The number of imide groups is 1. The lowest BCUT2D eigenvalue weighted by atomic mass is 9.80. The van der Waals surface area contributed by atoms with E-state index in [1.165, 1.54) is 23.5 Å². The maximum absolute atomic E-state index is 14.1. The second-order valence-electron chi connectivity index (χ2n) is 15.7. The van der Waals surface area contributed by atoms with Crippen LogP contribution in [0.25, 0.3) is 20.5 Å². The molecule has 0 spiro atoms. The maximum Gasteiger partial charge on any atom is 0.488 e. The first kappa shape index (κ1) is 39.0. The van der Waals surface area contributed by atoms with Crippen LogP contribution in [0.5, 0.6) is 0 Å². The number of halogens is 1. The van der Waals surface area contributed by atoms with Gasteiger partial charge in [0, 0.05) is 121 Å². The largest absolute Gasteiger partial charge is 0.488 e. The molecule has 4 aromatic carbocycles. The van der Waals surface area contributed by atoms with E-state index in [0.29, 0.717) is 45.4 Å². The molecule has 5 aromatic rings. The number of amides is 3. The summed E-state index contributed by atoms with van der Waals surface area (Å²) in [6.07, 6.45) is 0.596. The van der Waals surface area contributed by atoms with Crippen molar-refractivity contribution < 1.29 is 33.6 Å². The summed E-state index contributed by atoms with van der Waals surface area (Å²) in [6, 6.07) is 24.2. The molecule has 3 saturated heterocycles. The van der Waals surface area contributed by atoms with Gasteiger partial charge in [0.25, 0.3) is 5.91 Å². The highest BCUT2D eigenvalue weighted by atomic mass is 32.1. The van der Waals surface area contributed by atoms with Gasteiger partial charge < -0.3 is 24.7 Å². The van der Waals surface area contributed by atoms with Crippen molar-refractivity contribution in [3.8, 4) is 10.4 Å². The van der Waals surface area contributed by atoms with Gasteiger partial charge in [-0.3, -0.25) is 34.3 Å². The van der Waals surface area contributed by atoms with E-state index >= 15 is 0 Å². The van der Waals surface area contributed by atoms with E-state index in [1.807, 2.05) is 36.4 Å². The Balaban J connectivity index is 0.766. The topological polar surface area (TPSA) is 137 Å². The molecule has 4 aliphatic heterocycles. The van der Waals surface area contributed by atoms with Gasteiger partial charge in [-0.05, 0) is 83.7 Å². The molecule has 1 atom stereocenters. The van der Waals surface area contributed by atoms with Crippen molar-refractivity contribution in [1.82, 2.24) is 20.0 Å². The van der Waals surface area contributed by atoms with Crippen LogP contribution in [0.2, 0.25) is 0 Å². The zero-order valence-corrected chi connectivity index (χ0v) is 33.3. The molecule has 1 unspecified atom stereocenters. The third kappa shape index (κ3) is 7.88. The number of thiophene rings is 1. The summed E-state index contributed by atoms with van der Waals surface area (Å²) in [4.78, 5) is 63.4. The van der Waals surface area contributed by atoms with Gasteiger partial charge in [0.15, 0.2) is 5.78 Å². The molecule has 59 heavy (non-hydrogen) atoms. The molecule has 0 saturated carbocycles. The van der Waals surface area contributed by atoms with Gasteiger partial charge in [0.2, 0.25) is 11.8 Å². The van der Waals surface area contributed by atoms with E-state index in [9.17, 15) is 33.6 Å². The van der Waals surface area contributed by atoms with Crippen LogP contribution in [0.3, 0.4) is 0 Å². The van der Waals surface area contributed by atoms with E-state index in [4.69, 9.17) is 0 Å². The fourth-order valence-corrected chi connectivity index (χ4v) is 10.0. The van der Waals surface area contributed by atoms with Crippen molar-refractivity contribution in [1.29, 1.82) is 0 Å². The van der Waals surface area contributed by atoms with E-state index < -0.39 is 19.1 Å². The van der Waals surface area contributed by atoms with E-state index in [1.54, 1.807) is 35.2 Å². The number of fused-ring (bicyclic) bond motifs is 2. The number of anilines is 2. The molecule has 1 aromatic heterocycles. The van der Waals surface area contributed by atoms with Crippen LogP contribution in [0.1, 0.15) is 44.7 Å². The minimum absolute atomic E-state index is 0.146. The number of hydrogen-bond acceptors (Lipinski definition) is 11. The van der Waals surface area contributed by atoms with Gasteiger partial charge in [-0.25, -0.2) is 4.39 Å². The van der Waals surface area contributed by atoms with Gasteiger partial charge in [-0.15, -0.1) is 11.3 Å². The Morgan fingerprint density at radius 3 is 2.07 bits per heavy atom. The van der Waals surface area contributed by atoms with Crippen LogP contribution in [-0.2, 0) is 16.1 Å². The number of piperidine rings is 1. The van der Waals surface area contributed by atoms with Crippen molar-refractivity contribution in [2.75, 3.05) is 75.2 Å². The molecular formula is C44H44BFN6O6S. The Morgan fingerprint density at radius 2 is 1.42 bits per heavy atom. The highest BCUT2D eigenvalue weighted by Crippen LogP contribution is 2.40. The Bertz CT molecular complexity index is 2430. The summed E-state index contributed by atoms with van der Waals surface area (Å²) < 4.78 is 14.6. The monoisotopic (exact) mass is 814 g/mol. The fraction of sp³-hybridized carbons (Fsp3) is 0.318. The van der Waals surface area contributed by atoms with Crippen molar-refractivity contribution >= 4 is 68.9 Å². The normalized spacial score (nSPS) is 19.1. The predicted octanol–water partition coefficient (Wildman–Crippen LogP) is 3.32. The summed E-state index contributed by atoms with van der Waals surface area (Å²) in [6.45, 7) is 9.67. The number of carbonyl (C=O) groups excluding carboxylic acids is 4. The standard InChI is InChI=1S/C44H44BFN6O6S/c46-32-6-1-29(2-7-32)42-40(36-11-5-31(45(57)58)26-38(36)59-42)41(54)28-3-8-33(9-4-28)50-21-17-48(18-22-50)15-16-49-19-23-51(24-20-49)34-10-12-35-30(25-34)27-52(44(35)56)37-13-14-39(53)47-43(37)55/h1-12,25-26,37,57-58H,13-24,27H2,(H,47,53,55). The summed E-state index contributed by atoms with van der Waals surface area (Å²) in [5.41, 5.74) is 5.82. The predicted molar refractivity (Wildman–Crippen MR) is 227 cm³/mol. The molecular weight excluding hydrogens is 770 g/mol. The Hall–Kier alpha value is -5.45. The molecule has 0 aliphatic carbocycles. The smallest absolute Gasteiger partial charge is 0.423 e. The number of carbonyl (C=O) groups is 4. The van der Waals surface area contributed by atoms with Crippen LogP contribution < -0.4 is 20.6 Å². The fourth-order valence-electron chi connectivity index (χ4n) is 8.77. The molecule has 3 fully saturated rings. The molecule has 302 valence electrons. The van der Waals surface area contributed by atoms with Gasteiger partial charge in [0.1, 0.15) is 11.9 Å². The third-order valence-corrected chi connectivity index (χ3v) is 13.4. The highest BCUT2D eigenvalue weighted by molar-refractivity contribution is 7.23. The van der Waals surface area contributed by atoms with Gasteiger partial charge in [0.05, 0.1) is 0 Å². The molecule has 3 N–H and O–H groups in total. The number of benzene rings is 4. The number of hydrogen-bond donors (Lipinski definition) is 3. The molecule has 0 bridgehead atoms. The second-order valence-corrected chi connectivity index (χ2v) is 16.8. The number of rotatable bonds is 10. The van der Waals surface area contributed by atoms with Crippen molar-refractivity contribution in [2.45, 2.75) is 25.4 Å². The van der Waals surface area contributed by atoms with Gasteiger partial charge in [-0.2, -0.15) is 0 Å². The van der Waals surface area contributed by atoms with Crippen molar-refractivity contribution in [3.63, 3.8) is 0 Å². The quantitative estimate of drug-likeness (QED) is 0.110. The summed E-state index contributed by atoms with van der Waals surface area (Å²) in [5, 5.41) is 22.6. The lowest BCUT2D eigenvalue weighted by molar-refractivity contribution is -0.136. The maximum atomic E-state index is 14.1. The van der Waals surface area contributed by atoms with Gasteiger partial charge in [-0.1, -0.05) is 24.3 Å². The molecule has 3 amide bonds. The summed E-state index contributed by atoms with van der Waals surface area (Å²) in [7, 11) is -1.63. The SMILES string of the molecule is O=C1CCC(N2Cc3cc(N4CCN(CCN5CCN(c6ccc(C(=O)c7c(-c8ccc(F)cc8)sc8cc(B(O)O)ccc78)cc6)CC5)CC4)ccc3C2=O)C(=O)N1. The highest BCUT2D eigenvalue weighted by Gasteiger charge is 2.39. The summed E-state index contributed by atoms with van der Waals surface area (Å²) in [5.74, 6) is -1.34. The average molecular weight is 815 g/mol. The van der Waals surface area contributed by atoms with Gasteiger partial charge >= 0.3 is 7.12 Å².